The lowest BCUT2D eigenvalue weighted by molar-refractivity contribution is -0.208. The molecule has 0 spiro atoms. The first kappa shape index (κ1) is 38.8. The second-order valence-electron chi connectivity index (χ2n) is 13.2. The Hall–Kier alpha value is -4.92. The van der Waals surface area contributed by atoms with E-state index >= 15 is 0 Å². The average Bonchev–Trinajstić information content (AvgIpc) is 3.24. The van der Waals surface area contributed by atoms with Gasteiger partial charge in [0.1, 0.15) is 24.4 Å². The Balaban J connectivity index is 1.34. The molecule has 0 aliphatic heterocycles. The van der Waals surface area contributed by atoms with Gasteiger partial charge >= 0.3 is 0 Å². The highest BCUT2D eigenvalue weighted by atomic mass is 16.6. The fourth-order valence-corrected chi connectivity index (χ4v) is 6.13. The SMILES string of the molecule is c1ccc(COC[C@@H](OCc2ccccc2)[C@@H](OCc2ccccc2)[C@H](OCc2ccccc2)[C@@H](COCc2ccccc2)OCc2ccccc2)cc1. The molecular formula is C48H50O6. The van der Waals surface area contributed by atoms with E-state index in [4.69, 9.17) is 28.4 Å². The van der Waals surface area contributed by atoms with Crippen LogP contribution in [0.4, 0.5) is 0 Å². The van der Waals surface area contributed by atoms with Gasteiger partial charge in [0.2, 0.25) is 0 Å². The fourth-order valence-electron chi connectivity index (χ4n) is 6.13. The molecule has 54 heavy (non-hydrogen) atoms. The van der Waals surface area contributed by atoms with Crippen molar-refractivity contribution in [3.8, 4) is 0 Å². The van der Waals surface area contributed by atoms with E-state index in [1.807, 2.05) is 109 Å². The second kappa shape index (κ2) is 22.3. The average molecular weight is 723 g/mol. The largest absolute Gasteiger partial charge is 0.374 e. The molecule has 0 saturated heterocycles. The Kier molecular flexibility index (Phi) is 16.0. The quantitative estimate of drug-likeness (QED) is 0.0657. The molecule has 0 radical (unpaired) electrons. The van der Waals surface area contributed by atoms with Crippen molar-refractivity contribution in [2.75, 3.05) is 13.2 Å². The van der Waals surface area contributed by atoms with Crippen LogP contribution in [-0.4, -0.2) is 37.6 Å². The van der Waals surface area contributed by atoms with Crippen molar-refractivity contribution in [1.29, 1.82) is 0 Å². The van der Waals surface area contributed by atoms with Crippen LogP contribution in [0.15, 0.2) is 182 Å². The molecule has 0 aliphatic carbocycles. The molecule has 6 heteroatoms. The molecule has 6 rings (SSSR count). The smallest absolute Gasteiger partial charge is 0.115 e. The highest BCUT2D eigenvalue weighted by molar-refractivity contribution is 5.17. The van der Waals surface area contributed by atoms with Gasteiger partial charge in [0, 0.05) is 0 Å². The van der Waals surface area contributed by atoms with Gasteiger partial charge in [-0.25, -0.2) is 0 Å². The van der Waals surface area contributed by atoms with Crippen LogP contribution in [0.3, 0.4) is 0 Å². The van der Waals surface area contributed by atoms with E-state index < -0.39 is 24.4 Å². The van der Waals surface area contributed by atoms with E-state index in [9.17, 15) is 0 Å². The minimum atomic E-state index is -0.616. The minimum Gasteiger partial charge on any atom is -0.374 e. The monoisotopic (exact) mass is 722 g/mol. The normalized spacial score (nSPS) is 13.6. The van der Waals surface area contributed by atoms with Crippen molar-refractivity contribution < 1.29 is 28.4 Å². The van der Waals surface area contributed by atoms with Gasteiger partial charge in [-0.15, -0.1) is 0 Å². The number of hydrogen-bond acceptors (Lipinski definition) is 6. The van der Waals surface area contributed by atoms with Gasteiger partial charge in [0.15, 0.2) is 0 Å². The summed E-state index contributed by atoms with van der Waals surface area (Å²) in [5, 5.41) is 0. The number of hydrogen-bond donors (Lipinski definition) is 0. The van der Waals surface area contributed by atoms with Crippen LogP contribution in [-0.2, 0) is 68.1 Å². The van der Waals surface area contributed by atoms with E-state index in [1.54, 1.807) is 0 Å². The minimum absolute atomic E-state index is 0.267. The zero-order valence-corrected chi connectivity index (χ0v) is 30.7. The molecule has 6 nitrogen and oxygen atoms in total. The predicted molar refractivity (Wildman–Crippen MR) is 212 cm³/mol. The third-order valence-electron chi connectivity index (χ3n) is 9.03. The van der Waals surface area contributed by atoms with E-state index in [0.717, 1.165) is 33.4 Å². The van der Waals surface area contributed by atoms with Gasteiger partial charge in [0.25, 0.3) is 0 Å². The summed E-state index contributed by atoms with van der Waals surface area (Å²) in [5.41, 5.74) is 6.35. The Morgan fingerprint density at radius 1 is 0.259 bits per heavy atom. The van der Waals surface area contributed by atoms with Gasteiger partial charge < -0.3 is 28.4 Å². The standard InChI is InChI=1S/C48H50O6/c1-7-19-39(20-8-1)31-49-37-45(51-33-41-23-11-3-12-24-41)47(53-35-43-27-15-5-16-28-43)48(54-36-44-29-17-6-18-30-44)46(52-34-42-25-13-4-14-26-42)38-50-32-40-21-9-2-10-22-40/h1-30,45-48H,31-38H2/t45-,46-,47-,48-/m1/s1. The lowest BCUT2D eigenvalue weighted by Gasteiger charge is -2.37. The van der Waals surface area contributed by atoms with Crippen molar-refractivity contribution in [2.45, 2.75) is 64.1 Å². The Labute approximate surface area is 320 Å². The summed E-state index contributed by atoms with van der Waals surface area (Å²) in [6.45, 7) is 2.83. The van der Waals surface area contributed by atoms with Crippen molar-refractivity contribution in [3.63, 3.8) is 0 Å². The van der Waals surface area contributed by atoms with Crippen molar-refractivity contribution >= 4 is 0 Å². The molecule has 0 aliphatic rings. The molecule has 6 aromatic carbocycles. The van der Waals surface area contributed by atoms with E-state index in [0.29, 0.717) is 39.6 Å². The molecule has 0 aromatic heterocycles. The summed E-state index contributed by atoms with van der Waals surface area (Å²) in [4.78, 5) is 0. The Bertz CT molecular complexity index is 1690. The molecule has 0 saturated carbocycles. The Morgan fingerprint density at radius 2 is 0.481 bits per heavy atom. The highest BCUT2D eigenvalue weighted by Gasteiger charge is 2.39. The lowest BCUT2D eigenvalue weighted by Crippen LogP contribution is -2.52. The van der Waals surface area contributed by atoms with Gasteiger partial charge in [-0.05, 0) is 33.4 Å². The molecule has 0 fully saturated rings. The first-order chi connectivity index (χ1) is 26.8. The lowest BCUT2D eigenvalue weighted by atomic mass is 10.0. The van der Waals surface area contributed by atoms with Crippen molar-refractivity contribution in [2.24, 2.45) is 0 Å². The summed E-state index contributed by atoms with van der Waals surface area (Å²) in [7, 11) is 0. The maximum absolute atomic E-state index is 6.96. The van der Waals surface area contributed by atoms with E-state index in [2.05, 4.69) is 72.8 Å². The molecule has 0 bridgehead atoms. The van der Waals surface area contributed by atoms with Crippen molar-refractivity contribution in [3.05, 3.63) is 215 Å². The van der Waals surface area contributed by atoms with Crippen LogP contribution in [0.5, 0.6) is 0 Å². The van der Waals surface area contributed by atoms with Crippen LogP contribution in [0.2, 0.25) is 0 Å². The van der Waals surface area contributed by atoms with Crippen LogP contribution in [0.1, 0.15) is 33.4 Å². The number of rotatable bonds is 23. The summed E-state index contributed by atoms with van der Waals surface area (Å²) >= 11 is 0. The first-order valence-electron chi connectivity index (χ1n) is 18.7. The van der Waals surface area contributed by atoms with Crippen molar-refractivity contribution in [1.82, 2.24) is 0 Å². The molecule has 4 atom stereocenters. The zero-order valence-electron chi connectivity index (χ0n) is 30.7. The molecule has 0 unspecified atom stereocenters. The maximum atomic E-state index is 6.96. The van der Waals surface area contributed by atoms with Gasteiger partial charge in [0.05, 0.1) is 52.9 Å². The van der Waals surface area contributed by atoms with Crippen LogP contribution in [0.25, 0.3) is 0 Å². The third kappa shape index (κ3) is 13.2. The summed E-state index contributed by atoms with van der Waals surface area (Å²) in [5.74, 6) is 0. The molecule has 0 heterocycles. The topological polar surface area (TPSA) is 55.4 Å². The summed E-state index contributed by atoms with van der Waals surface area (Å²) < 4.78 is 40.4. The molecule has 6 aromatic rings. The van der Waals surface area contributed by atoms with Crippen LogP contribution in [0, 0.1) is 0 Å². The van der Waals surface area contributed by atoms with Gasteiger partial charge in [-0.3, -0.25) is 0 Å². The first-order valence-corrected chi connectivity index (χ1v) is 18.7. The molecule has 0 N–H and O–H groups in total. The van der Waals surface area contributed by atoms with E-state index in [-0.39, 0.29) is 13.2 Å². The van der Waals surface area contributed by atoms with Gasteiger partial charge in [-0.1, -0.05) is 182 Å². The number of benzene rings is 6. The highest BCUT2D eigenvalue weighted by Crippen LogP contribution is 2.25. The summed E-state index contributed by atoms with van der Waals surface area (Å²) in [6.07, 6.45) is -2.30. The molecular weight excluding hydrogens is 673 g/mol. The third-order valence-corrected chi connectivity index (χ3v) is 9.03. The maximum Gasteiger partial charge on any atom is 0.115 e. The van der Waals surface area contributed by atoms with Gasteiger partial charge in [-0.2, -0.15) is 0 Å². The van der Waals surface area contributed by atoms with E-state index in [1.165, 1.54) is 0 Å². The molecule has 0 amide bonds. The Morgan fingerprint density at radius 3 is 0.741 bits per heavy atom. The zero-order chi connectivity index (χ0) is 36.9. The van der Waals surface area contributed by atoms with Crippen LogP contribution < -0.4 is 0 Å². The predicted octanol–water partition coefficient (Wildman–Crippen LogP) is 9.76. The second-order valence-corrected chi connectivity index (χ2v) is 13.2. The van der Waals surface area contributed by atoms with Crippen LogP contribution >= 0.6 is 0 Å². The fraction of sp³-hybridized carbons (Fsp3) is 0.250. The molecule has 278 valence electrons. The summed E-state index contributed by atoms with van der Waals surface area (Å²) in [6, 6.07) is 61.0. The number of ether oxygens (including phenoxy) is 6.